The van der Waals surface area contributed by atoms with E-state index in [1.165, 1.54) is 6.92 Å². The first-order valence-corrected chi connectivity index (χ1v) is 36.2. The van der Waals surface area contributed by atoms with Crippen molar-refractivity contribution in [1.82, 2.24) is 21.3 Å². The Balaban J connectivity index is -0.0000461. The molecule has 0 fully saturated rings. The van der Waals surface area contributed by atoms with Gasteiger partial charge in [-0.1, -0.05) is 136 Å². The third-order valence-electron chi connectivity index (χ3n) is 16.9. The van der Waals surface area contributed by atoms with Crippen LogP contribution in [0.4, 0.5) is 0 Å². The Morgan fingerprint density at radius 2 is 0.784 bits per heavy atom. The molecule has 0 saturated carbocycles. The zero-order chi connectivity index (χ0) is 72.3. The maximum atomic E-state index is 13.7. The van der Waals surface area contributed by atoms with Crippen LogP contribution in [0.15, 0.2) is 0 Å². The molecule has 4 atom stereocenters. The summed E-state index contributed by atoms with van der Waals surface area (Å²) in [4.78, 5) is 159. The van der Waals surface area contributed by atoms with Gasteiger partial charge in [0.25, 0.3) is 0 Å². The molecule has 0 heterocycles. The average Bonchev–Trinajstić information content (AvgIpc) is 0.887. The minimum Gasteiger partial charge on any atom is -0.481 e. The molecule has 0 saturated heterocycles. The molecule has 562 valence electrons. The summed E-state index contributed by atoms with van der Waals surface area (Å²) in [7, 11) is 0. The van der Waals surface area contributed by atoms with Gasteiger partial charge in [0, 0.05) is 111 Å². The average molecular weight is 1390 g/mol. The Hall–Kier alpha value is -6.05. The van der Waals surface area contributed by atoms with Crippen molar-refractivity contribution in [2.24, 2.45) is 23.2 Å². The normalized spacial score (nSPS) is 12.6. The lowest BCUT2D eigenvalue weighted by atomic mass is 9.79. The van der Waals surface area contributed by atoms with Gasteiger partial charge in [0.15, 0.2) is 0 Å². The fourth-order valence-electron chi connectivity index (χ4n) is 10.8. The lowest BCUT2D eigenvalue weighted by Gasteiger charge is -2.23. The summed E-state index contributed by atoms with van der Waals surface area (Å²) < 4.78 is 21.8. The van der Waals surface area contributed by atoms with Gasteiger partial charge in [-0.3, -0.25) is 57.5 Å². The summed E-state index contributed by atoms with van der Waals surface area (Å²) in [5.74, 6) is -7.90. The van der Waals surface area contributed by atoms with Gasteiger partial charge in [0.1, 0.15) is 48.2 Å². The summed E-state index contributed by atoms with van der Waals surface area (Å²) in [5.41, 5.74) is -0.668. The molecule has 0 aromatic heterocycles. The van der Waals surface area contributed by atoms with E-state index >= 15 is 0 Å². The second-order valence-electron chi connectivity index (χ2n) is 26.7. The van der Waals surface area contributed by atoms with E-state index in [2.05, 4.69) is 21.3 Å². The van der Waals surface area contributed by atoms with E-state index in [1.54, 1.807) is 20.8 Å². The Kier molecular flexibility index (Phi) is 56.2. The van der Waals surface area contributed by atoms with E-state index in [0.717, 1.165) is 103 Å². The summed E-state index contributed by atoms with van der Waals surface area (Å²) in [6.07, 6.45) is 23.6. The molecule has 0 unspecified atom stereocenters. The van der Waals surface area contributed by atoms with Crippen molar-refractivity contribution in [1.29, 1.82) is 0 Å². The van der Waals surface area contributed by atoms with Gasteiger partial charge in [0.05, 0.1) is 39.0 Å². The number of hydrogen-bond donors (Lipinski definition) is 8. The molecule has 4 amide bonds. The van der Waals surface area contributed by atoms with Gasteiger partial charge in [-0.2, -0.15) is 0 Å². The van der Waals surface area contributed by atoms with Crippen LogP contribution in [0.25, 0.3) is 0 Å². The topological polar surface area (TPSA) is 388 Å². The molecule has 0 spiro atoms. The van der Waals surface area contributed by atoms with Gasteiger partial charge < -0.3 is 60.6 Å². The van der Waals surface area contributed by atoms with Crippen LogP contribution in [0.5, 0.6) is 0 Å². The van der Waals surface area contributed by atoms with E-state index in [4.69, 9.17) is 29.2 Å². The minimum atomic E-state index is -1.19. The number of ether oxygens (including phenoxy) is 4. The van der Waals surface area contributed by atoms with Crippen LogP contribution in [0.3, 0.4) is 0 Å². The Labute approximate surface area is 580 Å². The quantitative estimate of drug-likeness (QED) is 0.0262. The SMILES string of the molecule is CC(=O)[C@H](CCCCNC(=O)COCCOCCCC(=O)CC[C@H](NC(=O)CCCCCCCCCCCCC(=O)O)C(=O)O)CC(=O)[C@H](CCCCNC(=O)COCCOCCNC(=O)CC[C@H](CC(=O)CCCCCCCCCCCCC(=O)O)C(=O)O)CC(=O)C(C)(C)C.[HH].[HH]. The maximum absolute atomic E-state index is 13.7. The summed E-state index contributed by atoms with van der Waals surface area (Å²) in [6.45, 7) is 8.28. The number of carboxylic acids is 4. The molecule has 25 nitrogen and oxygen atoms in total. The van der Waals surface area contributed by atoms with E-state index in [9.17, 15) is 72.5 Å². The molecular formula is C72H128N4O21. The number of unbranched alkanes of at least 4 members (excludes halogenated alkanes) is 20. The molecule has 0 aliphatic heterocycles. The molecule has 0 aliphatic carbocycles. The van der Waals surface area contributed by atoms with Crippen molar-refractivity contribution in [3.8, 4) is 0 Å². The number of rotatable bonds is 70. The second kappa shape index (κ2) is 60.0. The number of ketones is 5. The van der Waals surface area contributed by atoms with Crippen LogP contribution in [0.1, 0.15) is 281 Å². The minimum absolute atomic E-state index is 0. The highest BCUT2D eigenvalue weighted by Gasteiger charge is 2.31. The first kappa shape index (κ1) is 91.0. The highest BCUT2D eigenvalue weighted by Crippen LogP contribution is 2.27. The number of amides is 4. The van der Waals surface area contributed by atoms with Crippen LogP contribution >= 0.6 is 0 Å². The summed E-state index contributed by atoms with van der Waals surface area (Å²) in [6, 6.07) is -1.15. The highest BCUT2D eigenvalue weighted by molar-refractivity contribution is 5.93. The number of nitrogens with one attached hydrogen (secondary N) is 4. The number of carbonyl (C=O) groups is 13. The fourth-order valence-corrected chi connectivity index (χ4v) is 10.8. The largest absolute Gasteiger partial charge is 0.481 e. The van der Waals surface area contributed by atoms with Gasteiger partial charge in [-0.05, 0) is 77.6 Å². The number of hydrogen-bond acceptors (Lipinski definition) is 17. The van der Waals surface area contributed by atoms with Crippen LogP contribution in [0, 0.1) is 23.2 Å². The maximum Gasteiger partial charge on any atom is 0.326 e. The van der Waals surface area contributed by atoms with E-state index < -0.39 is 53.1 Å². The molecule has 0 aromatic carbocycles. The van der Waals surface area contributed by atoms with Gasteiger partial charge in [-0.25, -0.2) is 4.79 Å². The first-order valence-electron chi connectivity index (χ1n) is 36.2. The van der Waals surface area contributed by atoms with Gasteiger partial charge >= 0.3 is 23.9 Å². The Morgan fingerprint density at radius 1 is 0.351 bits per heavy atom. The predicted molar refractivity (Wildman–Crippen MR) is 370 cm³/mol. The molecular weight excluding hydrogens is 1260 g/mol. The summed E-state index contributed by atoms with van der Waals surface area (Å²) >= 11 is 0. The lowest BCUT2D eigenvalue weighted by Crippen LogP contribution is -2.41. The number of carboxylic acid groups (broad SMARTS) is 4. The molecule has 0 rings (SSSR count). The monoisotopic (exact) mass is 1380 g/mol. The third-order valence-corrected chi connectivity index (χ3v) is 16.9. The zero-order valence-corrected chi connectivity index (χ0v) is 59.4. The Bertz CT molecular complexity index is 2290. The van der Waals surface area contributed by atoms with Crippen molar-refractivity contribution >= 4 is 76.4 Å². The van der Waals surface area contributed by atoms with E-state index in [0.29, 0.717) is 90.1 Å². The van der Waals surface area contributed by atoms with Crippen molar-refractivity contribution in [3.05, 3.63) is 0 Å². The van der Waals surface area contributed by atoms with E-state index in [-0.39, 0.29) is 185 Å². The second-order valence-corrected chi connectivity index (χ2v) is 26.7. The van der Waals surface area contributed by atoms with Crippen molar-refractivity contribution in [2.45, 2.75) is 284 Å². The predicted octanol–water partition coefficient (Wildman–Crippen LogP) is 10.7. The highest BCUT2D eigenvalue weighted by atomic mass is 16.5. The molecule has 25 heteroatoms. The number of carbonyl (C=O) groups excluding carboxylic acids is 9. The molecule has 0 aromatic rings. The fraction of sp³-hybridized carbons (Fsp3) is 0.819. The van der Waals surface area contributed by atoms with E-state index in [1.807, 2.05) is 0 Å². The Morgan fingerprint density at radius 3 is 1.25 bits per heavy atom. The third kappa shape index (κ3) is 57.6. The zero-order valence-electron chi connectivity index (χ0n) is 59.4. The molecule has 0 aliphatic rings. The van der Waals surface area contributed by atoms with Crippen LogP contribution in [-0.2, 0) is 81.3 Å². The molecule has 97 heavy (non-hydrogen) atoms. The first-order chi connectivity index (χ1) is 46.3. The van der Waals surface area contributed by atoms with Crippen molar-refractivity contribution in [2.75, 3.05) is 72.5 Å². The standard InChI is InChI=1S/C72H124N4O21.2H2/c1-55(77)56(30-25-27-41-73-66(84)53-96-48-46-94-44-29-33-59(78)38-39-61(71(92)93)76-65(83)34-22-18-14-10-6-8-12-16-20-24-36-69(88)89)51-62(80)57(52-63(81)72(2,3)4)31-26-28-42-74-67(85)54-97-49-47-95-45-43-75-64(82)40-37-58(70(90)91)50-60(79)32-21-17-13-9-5-7-11-15-19-23-35-68(86)87;;/h56-58,61H,5-54H2,1-4H3,(H,73,84)(H,74,85)(H,75,82)(H,76,83)(H,86,87)(H,88,89)(H,90,91)(H,92,93);2*1H/t56-,57-,58-,61+;;/m1../s1. The van der Waals surface area contributed by atoms with Crippen LogP contribution in [0.2, 0.25) is 0 Å². The molecule has 0 bridgehead atoms. The van der Waals surface area contributed by atoms with Gasteiger partial charge in [-0.15, -0.1) is 0 Å². The number of aliphatic carboxylic acids is 4. The van der Waals surface area contributed by atoms with Crippen molar-refractivity contribution < 1.29 is 105 Å². The van der Waals surface area contributed by atoms with Crippen LogP contribution in [-0.4, -0.2) is 175 Å². The smallest absolute Gasteiger partial charge is 0.326 e. The molecule has 0 radical (unpaired) electrons. The van der Waals surface area contributed by atoms with Crippen LogP contribution < -0.4 is 21.3 Å². The molecule has 8 N–H and O–H groups in total. The van der Waals surface area contributed by atoms with Gasteiger partial charge in [0.2, 0.25) is 23.6 Å². The van der Waals surface area contributed by atoms with Crippen molar-refractivity contribution in [3.63, 3.8) is 0 Å². The number of Topliss-reactive ketones (excluding diaryl/α,β-unsaturated/α-hetero) is 5. The lowest BCUT2D eigenvalue weighted by molar-refractivity contribution is -0.144. The summed E-state index contributed by atoms with van der Waals surface area (Å²) in [5, 5.41) is 47.4.